The molecule has 2 N–H and O–H groups in total. The number of anilines is 1. The van der Waals surface area contributed by atoms with E-state index in [1.165, 1.54) is 6.08 Å². The summed E-state index contributed by atoms with van der Waals surface area (Å²) in [4.78, 5) is 12.1. The highest BCUT2D eigenvalue weighted by Crippen LogP contribution is 2.30. The number of nitrogens with one attached hydrogen (secondary N) is 1. The van der Waals surface area contributed by atoms with Gasteiger partial charge in [-0.05, 0) is 41.5 Å². The van der Waals surface area contributed by atoms with Gasteiger partial charge in [-0.1, -0.05) is 43.0 Å². The summed E-state index contributed by atoms with van der Waals surface area (Å²) in [5.41, 5.74) is 2.36. The third-order valence-corrected chi connectivity index (χ3v) is 3.26. The van der Waals surface area contributed by atoms with E-state index in [0.717, 1.165) is 11.1 Å². The largest absolute Gasteiger partial charge is 0.509 e. The van der Waals surface area contributed by atoms with Gasteiger partial charge in [0.2, 0.25) is 0 Å². The van der Waals surface area contributed by atoms with Crippen molar-refractivity contribution >= 4 is 23.7 Å². The summed E-state index contributed by atoms with van der Waals surface area (Å²) >= 11 is 0. The molecule has 1 amide bonds. The molecule has 4 nitrogen and oxygen atoms in total. The maximum absolute atomic E-state index is 12.1. The summed E-state index contributed by atoms with van der Waals surface area (Å²) < 4.78 is 5.66. The lowest BCUT2D eigenvalue weighted by Crippen LogP contribution is -2.23. The minimum absolute atomic E-state index is 0.0136. The Bertz CT molecular complexity index is 834. The number of aliphatic hydroxyl groups is 1. The van der Waals surface area contributed by atoms with Gasteiger partial charge in [0.05, 0.1) is 5.69 Å². The Kier molecular flexibility index (Phi) is 3.97. The van der Waals surface area contributed by atoms with E-state index >= 15 is 0 Å². The predicted molar refractivity (Wildman–Crippen MR) is 90.9 cm³/mol. The molecule has 4 heteroatoms. The zero-order chi connectivity index (χ0) is 16.2. The molecule has 1 aliphatic rings. The van der Waals surface area contributed by atoms with Gasteiger partial charge in [-0.25, -0.2) is 0 Å². The first-order chi connectivity index (χ1) is 11.1. The van der Waals surface area contributed by atoms with Gasteiger partial charge in [0.25, 0.3) is 5.91 Å². The van der Waals surface area contributed by atoms with Crippen LogP contribution >= 0.6 is 0 Å². The summed E-state index contributed by atoms with van der Waals surface area (Å²) in [6.07, 6.45) is 4.92. The van der Waals surface area contributed by atoms with Crippen molar-refractivity contribution < 1.29 is 14.6 Å². The van der Waals surface area contributed by atoms with Crippen LogP contribution in [0.2, 0.25) is 0 Å². The third kappa shape index (κ3) is 3.49. The van der Waals surface area contributed by atoms with Crippen LogP contribution in [0.1, 0.15) is 11.1 Å². The van der Waals surface area contributed by atoms with Crippen molar-refractivity contribution in [2.45, 2.75) is 0 Å². The molecule has 0 bridgehead atoms. The molecule has 0 fully saturated rings. The van der Waals surface area contributed by atoms with Gasteiger partial charge in [-0.2, -0.15) is 0 Å². The second-order valence-electron chi connectivity index (χ2n) is 5.06. The second kappa shape index (κ2) is 6.23. The van der Waals surface area contributed by atoms with Gasteiger partial charge < -0.3 is 15.2 Å². The minimum Gasteiger partial charge on any atom is -0.509 e. The molecular weight excluding hydrogens is 290 g/mol. The zero-order valence-electron chi connectivity index (χ0n) is 12.3. The van der Waals surface area contributed by atoms with Gasteiger partial charge in [0.15, 0.2) is 11.5 Å². The van der Waals surface area contributed by atoms with E-state index in [1.54, 1.807) is 24.3 Å². The molecule has 0 atom stereocenters. The van der Waals surface area contributed by atoms with Crippen LogP contribution in [0.15, 0.2) is 72.7 Å². The number of hydrogen-bond donors (Lipinski definition) is 2. The first kappa shape index (κ1) is 14.7. The molecule has 1 aliphatic heterocycles. The fourth-order valence-corrected chi connectivity index (χ4v) is 2.20. The van der Waals surface area contributed by atoms with Crippen molar-refractivity contribution in [3.8, 4) is 5.75 Å². The standard InChI is InChI=1S/C19H15NO3/c1-13(21)9-10-14-5-4-6-15(11-14)12-18-19(22)20-16-7-2-3-8-17(16)23-18/h2-12,21H,1H2,(H,20,22)/b10-9+,18-12-. The highest BCUT2D eigenvalue weighted by Gasteiger charge is 2.21. The highest BCUT2D eigenvalue weighted by atomic mass is 16.5. The van der Waals surface area contributed by atoms with Gasteiger partial charge >= 0.3 is 0 Å². The second-order valence-corrected chi connectivity index (χ2v) is 5.06. The number of carbonyl (C=O) groups is 1. The lowest BCUT2D eigenvalue weighted by molar-refractivity contribution is -0.115. The predicted octanol–water partition coefficient (Wildman–Crippen LogP) is 4.14. The smallest absolute Gasteiger partial charge is 0.291 e. The Morgan fingerprint density at radius 2 is 1.91 bits per heavy atom. The van der Waals surface area contributed by atoms with Crippen LogP contribution in [-0.2, 0) is 4.79 Å². The van der Waals surface area contributed by atoms with Crippen LogP contribution < -0.4 is 10.1 Å². The van der Waals surface area contributed by atoms with Crippen LogP contribution in [0.3, 0.4) is 0 Å². The van der Waals surface area contributed by atoms with Gasteiger partial charge in [-0.3, -0.25) is 4.79 Å². The molecule has 0 radical (unpaired) electrons. The Hall–Kier alpha value is -3.27. The number of allylic oxidation sites excluding steroid dienone is 1. The average molecular weight is 305 g/mol. The maximum Gasteiger partial charge on any atom is 0.291 e. The average Bonchev–Trinajstić information content (AvgIpc) is 2.54. The van der Waals surface area contributed by atoms with Crippen molar-refractivity contribution in [2.75, 3.05) is 5.32 Å². The van der Waals surface area contributed by atoms with Crippen molar-refractivity contribution in [3.63, 3.8) is 0 Å². The van der Waals surface area contributed by atoms with E-state index in [1.807, 2.05) is 36.4 Å². The molecule has 23 heavy (non-hydrogen) atoms. The Balaban J connectivity index is 1.89. The van der Waals surface area contributed by atoms with Crippen molar-refractivity contribution in [1.82, 2.24) is 0 Å². The molecule has 1 heterocycles. The molecule has 0 spiro atoms. The fourth-order valence-electron chi connectivity index (χ4n) is 2.20. The van der Waals surface area contributed by atoms with E-state index in [9.17, 15) is 4.79 Å². The molecule has 0 saturated heterocycles. The fraction of sp³-hybridized carbons (Fsp3) is 0. The molecule has 3 rings (SSSR count). The van der Waals surface area contributed by atoms with Gasteiger partial charge in [0.1, 0.15) is 5.76 Å². The topological polar surface area (TPSA) is 58.6 Å². The first-order valence-corrected chi connectivity index (χ1v) is 7.08. The van der Waals surface area contributed by atoms with Gasteiger partial charge in [0, 0.05) is 0 Å². The van der Waals surface area contributed by atoms with E-state index in [2.05, 4.69) is 11.9 Å². The SMILES string of the molecule is C=C(O)/C=C/c1cccc(/C=C2\Oc3ccccc3NC2=O)c1. The van der Waals surface area contributed by atoms with Crippen molar-refractivity contribution in [2.24, 2.45) is 0 Å². The summed E-state index contributed by atoms with van der Waals surface area (Å²) in [6.45, 7) is 3.40. The van der Waals surface area contributed by atoms with Crippen LogP contribution in [0.5, 0.6) is 5.75 Å². The molecule has 2 aromatic carbocycles. The number of rotatable bonds is 3. The zero-order valence-corrected chi connectivity index (χ0v) is 12.3. The minimum atomic E-state index is -0.284. The highest BCUT2D eigenvalue weighted by molar-refractivity contribution is 6.08. The number of carbonyl (C=O) groups excluding carboxylic acids is 1. The Labute approximate surface area is 134 Å². The number of fused-ring (bicyclic) bond motifs is 1. The third-order valence-electron chi connectivity index (χ3n) is 3.26. The maximum atomic E-state index is 12.1. The van der Waals surface area contributed by atoms with E-state index in [4.69, 9.17) is 9.84 Å². The van der Waals surface area contributed by atoms with Crippen molar-refractivity contribution in [1.29, 1.82) is 0 Å². The first-order valence-electron chi connectivity index (χ1n) is 7.08. The van der Waals surface area contributed by atoms with Crippen LogP contribution in [0.4, 0.5) is 5.69 Å². The lowest BCUT2D eigenvalue weighted by atomic mass is 10.1. The van der Waals surface area contributed by atoms with Crippen LogP contribution in [0, 0.1) is 0 Å². The molecule has 114 valence electrons. The van der Waals surface area contributed by atoms with E-state index in [0.29, 0.717) is 11.4 Å². The normalized spacial score (nSPS) is 15.1. The number of para-hydroxylation sites is 2. The summed E-state index contributed by atoms with van der Waals surface area (Å²) in [5.74, 6) is 0.552. The summed E-state index contributed by atoms with van der Waals surface area (Å²) in [5, 5.41) is 11.9. The molecule has 0 saturated carbocycles. The Morgan fingerprint density at radius 3 is 2.74 bits per heavy atom. The summed E-state index contributed by atoms with van der Waals surface area (Å²) in [7, 11) is 0. The molecule has 2 aromatic rings. The molecular formula is C19H15NO3. The number of benzene rings is 2. The monoisotopic (exact) mass is 305 g/mol. The van der Waals surface area contributed by atoms with Gasteiger partial charge in [-0.15, -0.1) is 0 Å². The van der Waals surface area contributed by atoms with E-state index < -0.39 is 0 Å². The summed E-state index contributed by atoms with van der Waals surface area (Å²) in [6, 6.07) is 14.8. The number of hydrogen-bond acceptors (Lipinski definition) is 3. The number of aliphatic hydroxyl groups excluding tert-OH is 1. The molecule has 0 unspecified atom stereocenters. The molecule has 0 aromatic heterocycles. The van der Waals surface area contributed by atoms with Crippen molar-refractivity contribution in [3.05, 3.63) is 83.8 Å². The van der Waals surface area contributed by atoms with Crippen LogP contribution in [-0.4, -0.2) is 11.0 Å². The number of ether oxygens (including phenoxy) is 1. The lowest BCUT2D eigenvalue weighted by Gasteiger charge is -2.19. The van der Waals surface area contributed by atoms with Crippen LogP contribution in [0.25, 0.3) is 12.2 Å². The number of amides is 1. The quantitative estimate of drug-likeness (QED) is 0.509. The van der Waals surface area contributed by atoms with E-state index in [-0.39, 0.29) is 17.4 Å². The molecule has 0 aliphatic carbocycles. The Morgan fingerprint density at radius 1 is 1.13 bits per heavy atom.